The maximum atomic E-state index is 12.7. The van der Waals surface area contributed by atoms with Crippen molar-refractivity contribution in [1.29, 1.82) is 0 Å². The number of hydrogen-bond donors (Lipinski definition) is 1. The number of carbonyl (C=O) groups is 1. The van der Waals surface area contributed by atoms with E-state index in [1.807, 2.05) is 12.1 Å². The molecule has 0 aliphatic heterocycles. The second kappa shape index (κ2) is 8.05. The molecule has 10 heteroatoms. The van der Waals surface area contributed by atoms with Crippen LogP contribution in [0.4, 0.5) is 5.82 Å². The van der Waals surface area contributed by atoms with Crippen LogP contribution in [0.3, 0.4) is 0 Å². The second-order valence-corrected chi connectivity index (χ2v) is 7.34. The summed E-state index contributed by atoms with van der Waals surface area (Å²) in [4.78, 5) is 41.4. The molecule has 0 atom stereocenters. The molecule has 0 saturated heterocycles. The van der Waals surface area contributed by atoms with Crippen LogP contribution in [0.2, 0.25) is 0 Å². The van der Waals surface area contributed by atoms with Crippen molar-refractivity contribution in [2.45, 2.75) is 26.4 Å². The number of carbonyl (C=O) groups excluding carboxylic acids is 1. The summed E-state index contributed by atoms with van der Waals surface area (Å²) in [6.07, 6.45) is 3.98. The highest BCUT2D eigenvalue weighted by Gasteiger charge is 2.16. The summed E-state index contributed by atoms with van der Waals surface area (Å²) < 4.78 is 5.42. The van der Waals surface area contributed by atoms with E-state index in [1.54, 1.807) is 16.9 Å². The number of aromatic nitrogens is 6. The third-order valence-corrected chi connectivity index (χ3v) is 5.28. The first-order valence-electron chi connectivity index (χ1n) is 9.89. The number of nitrogens with one attached hydrogen (secondary N) is 1. The highest BCUT2D eigenvalue weighted by Crippen LogP contribution is 2.12. The number of rotatable bonds is 6. The summed E-state index contributed by atoms with van der Waals surface area (Å²) in [5.74, 6) is 0.215. The van der Waals surface area contributed by atoms with Gasteiger partial charge in [0.05, 0.1) is 19.1 Å². The maximum Gasteiger partial charge on any atom is 0.332 e. The van der Waals surface area contributed by atoms with E-state index < -0.39 is 11.2 Å². The van der Waals surface area contributed by atoms with Gasteiger partial charge in [-0.05, 0) is 17.5 Å². The summed E-state index contributed by atoms with van der Waals surface area (Å²) in [7, 11) is 2.93. The molecule has 0 bridgehead atoms. The smallest absolute Gasteiger partial charge is 0.315 e. The molecule has 0 fully saturated rings. The Kier molecular flexibility index (Phi) is 5.28. The Morgan fingerprint density at radius 2 is 1.74 bits per heavy atom. The van der Waals surface area contributed by atoms with Crippen molar-refractivity contribution in [2.24, 2.45) is 14.1 Å². The van der Waals surface area contributed by atoms with Crippen molar-refractivity contribution in [3.63, 3.8) is 0 Å². The Morgan fingerprint density at radius 1 is 1.03 bits per heavy atom. The lowest BCUT2D eigenvalue weighted by Crippen LogP contribution is -2.37. The van der Waals surface area contributed by atoms with Gasteiger partial charge in [0.25, 0.3) is 5.56 Å². The van der Waals surface area contributed by atoms with Crippen LogP contribution in [-0.4, -0.2) is 34.4 Å². The Balaban J connectivity index is 1.53. The number of hydrogen-bond acceptors (Lipinski definition) is 5. The van der Waals surface area contributed by atoms with Crippen molar-refractivity contribution in [1.82, 2.24) is 28.5 Å². The predicted octanol–water partition coefficient (Wildman–Crippen LogP) is 0.880. The molecule has 0 unspecified atom stereocenters. The van der Waals surface area contributed by atoms with Gasteiger partial charge in [-0.1, -0.05) is 31.2 Å². The molecule has 0 saturated carbocycles. The minimum atomic E-state index is -0.496. The quantitative estimate of drug-likeness (QED) is 0.497. The molecule has 1 amide bonds. The molecule has 4 rings (SSSR count). The van der Waals surface area contributed by atoms with Crippen LogP contribution in [0.25, 0.3) is 11.2 Å². The van der Waals surface area contributed by atoms with E-state index in [-0.39, 0.29) is 23.6 Å². The lowest BCUT2D eigenvalue weighted by atomic mass is 10.1. The van der Waals surface area contributed by atoms with Crippen LogP contribution in [-0.2, 0) is 38.4 Å². The minimum absolute atomic E-state index is 0.125. The normalized spacial score (nSPS) is 11.2. The summed E-state index contributed by atoms with van der Waals surface area (Å²) in [6.45, 7) is 2.50. The molecule has 160 valence electrons. The molecule has 0 aliphatic rings. The highest BCUT2D eigenvalue weighted by atomic mass is 16.2. The molecule has 4 aromatic rings. The molecule has 1 aromatic carbocycles. The van der Waals surface area contributed by atoms with Crippen molar-refractivity contribution in [3.8, 4) is 0 Å². The van der Waals surface area contributed by atoms with Gasteiger partial charge < -0.3 is 9.88 Å². The van der Waals surface area contributed by atoms with Crippen molar-refractivity contribution in [2.75, 3.05) is 5.32 Å². The topological polar surface area (TPSA) is 109 Å². The predicted molar refractivity (Wildman–Crippen MR) is 116 cm³/mol. The fourth-order valence-electron chi connectivity index (χ4n) is 3.47. The standard InChI is InChI=1S/C21H23N7O3/c1-4-14-5-7-15(8-6-14)11-28-16(9-10-23-28)24-17(29)12-27-13-22-19-18(27)20(30)26(3)21(31)25(19)2/h5-10,13H,4,11-12H2,1-3H3,(H,24,29). The first-order chi connectivity index (χ1) is 14.9. The first-order valence-corrected chi connectivity index (χ1v) is 9.89. The van der Waals surface area contributed by atoms with E-state index in [4.69, 9.17) is 0 Å². The van der Waals surface area contributed by atoms with Gasteiger partial charge in [0, 0.05) is 20.2 Å². The van der Waals surface area contributed by atoms with Crippen LogP contribution >= 0.6 is 0 Å². The SMILES string of the molecule is CCc1ccc(Cn2nccc2NC(=O)Cn2cnc3c2c(=O)n(C)c(=O)n3C)cc1. The molecular weight excluding hydrogens is 398 g/mol. The van der Waals surface area contributed by atoms with Gasteiger partial charge in [-0.25, -0.2) is 14.5 Å². The minimum Gasteiger partial charge on any atom is -0.315 e. The Morgan fingerprint density at radius 3 is 2.45 bits per heavy atom. The zero-order valence-electron chi connectivity index (χ0n) is 17.6. The third kappa shape index (κ3) is 3.79. The van der Waals surface area contributed by atoms with Crippen molar-refractivity contribution in [3.05, 3.63) is 74.8 Å². The van der Waals surface area contributed by atoms with Gasteiger partial charge in [0.15, 0.2) is 11.2 Å². The monoisotopic (exact) mass is 421 g/mol. The summed E-state index contributed by atoms with van der Waals surface area (Å²) in [6, 6.07) is 9.96. The van der Waals surface area contributed by atoms with Crippen LogP contribution in [0.5, 0.6) is 0 Å². The van der Waals surface area contributed by atoms with Crippen LogP contribution in [0, 0.1) is 0 Å². The Labute approximate surface area is 177 Å². The van der Waals surface area contributed by atoms with Gasteiger partial charge in [0.1, 0.15) is 12.4 Å². The largest absolute Gasteiger partial charge is 0.332 e. The average Bonchev–Trinajstić information content (AvgIpc) is 3.38. The molecule has 3 aromatic heterocycles. The van der Waals surface area contributed by atoms with Crippen LogP contribution in [0.15, 0.2) is 52.4 Å². The van der Waals surface area contributed by atoms with Gasteiger partial charge in [-0.3, -0.25) is 18.7 Å². The van der Waals surface area contributed by atoms with Crippen molar-refractivity contribution >= 4 is 22.9 Å². The highest BCUT2D eigenvalue weighted by molar-refractivity contribution is 5.90. The van der Waals surface area contributed by atoms with E-state index in [2.05, 4.69) is 34.5 Å². The Hall–Kier alpha value is -3.95. The zero-order valence-corrected chi connectivity index (χ0v) is 17.6. The third-order valence-electron chi connectivity index (χ3n) is 5.28. The second-order valence-electron chi connectivity index (χ2n) is 7.34. The molecule has 0 spiro atoms. The molecular formula is C21H23N7O3. The molecule has 0 aliphatic carbocycles. The number of nitrogens with zero attached hydrogens (tertiary/aromatic N) is 6. The fourth-order valence-corrected chi connectivity index (χ4v) is 3.47. The molecule has 1 N–H and O–H groups in total. The van der Waals surface area contributed by atoms with Gasteiger partial charge in [0.2, 0.25) is 5.91 Å². The van der Waals surface area contributed by atoms with Crippen LogP contribution in [0.1, 0.15) is 18.1 Å². The Bertz CT molecular complexity index is 1370. The lowest BCUT2D eigenvalue weighted by molar-refractivity contribution is -0.116. The summed E-state index contributed by atoms with van der Waals surface area (Å²) in [5, 5.41) is 7.12. The number of amides is 1. The number of imidazole rings is 1. The van der Waals surface area contributed by atoms with Crippen LogP contribution < -0.4 is 16.6 Å². The number of fused-ring (bicyclic) bond motifs is 1. The first kappa shape index (κ1) is 20.3. The van der Waals surface area contributed by atoms with Crippen molar-refractivity contribution < 1.29 is 4.79 Å². The fraction of sp³-hybridized carbons (Fsp3) is 0.286. The summed E-state index contributed by atoms with van der Waals surface area (Å²) >= 11 is 0. The number of anilines is 1. The zero-order chi connectivity index (χ0) is 22.1. The van der Waals surface area contributed by atoms with E-state index in [1.165, 1.54) is 35.1 Å². The van der Waals surface area contributed by atoms with Gasteiger partial charge in [-0.2, -0.15) is 5.10 Å². The molecule has 10 nitrogen and oxygen atoms in total. The molecule has 3 heterocycles. The summed E-state index contributed by atoms with van der Waals surface area (Å²) in [5.41, 5.74) is 1.80. The maximum absolute atomic E-state index is 12.7. The molecule has 31 heavy (non-hydrogen) atoms. The van der Waals surface area contributed by atoms with E-state index in [9.17, 15) is 14.4 Å². The van der Waals surface area contributed by atoms with E-state index in [0.29, 0.717) is 12.4 Å². The lowest BCUT2D eigenvalue weighted by Gasteiger charge is -2.10. The molecule has 0 radical (unpaired) electrons. The van der Waals surface area contributed by atoms with E-state index in [0.717, 1.165) is 16.6 Å². The van der Waals surface area contributed by atoms with E-state index >= 15 is 0 Å². The number of benzene rings is 1. The van der Waals surface area contributed by atoms with Gasteiger partial charge in [-0.15, -0.1) is 0 Å². The number of aryl methyl sites for hydroxylation is 2. The van der Waals surface area contributed by atoms with Gasteiger partial charge >= 0.3 is 5.69 Å². The average molecular weight is 421 g/mol.